The van der Waals surface area contributed by atoms with E-state index in [1.165, 1.54) is 0 Å². The minimum absolute atomic E-state index is 0.104. The predicted molar refractivity (Wildman–Crippen MR) is 58.1 cm³/mol. The molecule has 90 valence electrons. The molecule has 0 aromatic rings. The Labute approximate surface area is 95.3 Å². The zero-order chi connectivity index (χ0) is 11.4. The molecule has 2 saturated heterocycles. The quantitative estimate of drug-likeness (QED) is 0.606. The lowest BCUT2D eigenvalue weighted by Gasteiger charge is -2.36. The van der Waals surface area contributed by atoms with Crippen molar-refractivity contribution in [3.05, 3.63) is 0 Å². The molecule has 0 saturated carbocycles. The molecule has 0 N–H and O–H groups in total. The smallest absolute Gasteiger partial charge is 0.320 e. The Morgan fingerprint density at radius 3 is 2.19 bits per heavy atom. The van der Waals surface area contributed by atoms with Gasteiger partial charge in [-0.1, -0.05) is 0 Å². The average Bonchev–Trinajstić information content (AvgIpc) is 2.39. The Morgan fingerprint density at radius 1 is 1.06 bits per heavy atom. The lowest BCUT2D eigenvalue weighted by atomic mass is 9.99. The molecule has 0 aliphatic carbocycles. The number of morpholine rings is 1. The molecule has 2 aliphatic rings. The highest BCUT2D eigenvalue weighted by molar-refractivity contribution is 5.74. The Kier molecular flexibility index (Phi) is 3.77. The number of rotatable bonds is 1. The minimum atomic E-state index is 0.104. The molecule has 2 heterocycles. The summed E-state index contributed by atoms with van der Waals surface area (Å²) in [5, 5.41) is 0. The van der Waals surface area contributed by atoms with Crippen molar-refractivity contribution in [1.29, 1.82) is 0 Å². The van der Waals surface area contributed by atoms with Crippen LogP contribution in [-0.2, 0) is 9.53 Å². The lowest BCUT2D eigenvalue weighted by molar-refractivity contribution is -0.112. The van der Waals surface area contributed by atoms with Gasteiger partial charge in [0.05, 0.1) is 13.2 Å². The molecule has 5 heteroatoms. The number of piperidine rings is 1. The van der Waals surface area contributed by atoms with E-state index in [-0.39, 0.29) is 11.9 Å². The second kappa shape index (κ2) is 5.30. The van der Waals surface area contributed by atoms with Gasteiger partial charge in [0, 0.05) is 32.1 Å². The molecule has 0 aromatic carbocycles. The van der Waals surface area contributed by atoms with Crippen LogP contribution >= 0.6 is 0 Å². The standard InChI is InChI=1S/C11H18N2O3/c14-9-10-1-3-12(4-2-10)11(15)13-5-7-16-8-6-13/h9-10H,1-8H2. The van der Waals surface area contributed by atoms with Gasteiger partial charge in [-0.05, 0) is 12.8 Å². The fraction of sp³-hybridized carbons (Fsp3) is 0.818. The van der Waals surface area contributed by atoms with E-state index in [0.29, 0.717) is 39.4 Å². The molecule has 0 aromatic heterocycles. The summed E-state index contributed by atoms with van der Waals surface area (Å²) < 4.78 is 5.21. The van der Waals surface area contributed by atoms with Crippen LogP contribution in [0.5, 0.6) is 0 Å². The van der Waals surface area contributed by atoms with Crippen LogP contribution in [0.1, 0.15) is 12.8 Å². The molecule has 0 atom stereocenters. The average molecular weight is 226 g/mol. The number of likely N-dealkylation sites (tertiary alicyclic amines) is 1. The number of aldehydes is 1. The maximum Gasteiger partial charge on any atom is 0.320 e. The van der Waals surface area contributed by atoms with Crippen molar-refractivity contribution < 1.29 is 14.3 Å². The number of hydrogen-bond donors (Lipinski definition) is 0. The maximum absolute atomic E-state index is 12.1. The number of urea groups is 1. The highest BCUT2D eigenvalue weighted by Gasteiger charge is 2.26. The Hall–Kier alpha value is -1.10. The molecule has 5 nitrogen and oxygen atoms in total. The van der Waals surface area contributed by atoms with Gasteiger partial charge in [0.2, 0.25) is 0 Å². The van der Waals surface area contributed by atoms with Gasteiger partial charge >= 0.3 is 6.03 Å². The van der Waals surface area contributed by atoms with Crippen LogP contribution in [0.15, 0.2) is 0 Å². The second-order valence-electron chi connectivity index (χ2n) is 4.34. The zero-order valence-corrected chi connectivity index (χ0v) is 9.43. The molecule has 0 spiro atoms. The first kappa shape index (κ1) is 11.4. The van der Waals surface area contributed by atoms with Crippen LogP contribution in [0.25, 0.3) is 0 Å². The molecular weight excluding hydrogens is 208 g/mol. The number of nitrogens with zero attached hydrogens (tertiary/aromatic N) is 2. The van der Waals surface area contributed by atoms with Crippen LogP contribution < -0.4 is 0 Å². The molecule has 0 unspecified atom stereocenters. The van der Waals surface area contributed by atoms with E-state index in [4.69, 9.17) is 4.74 Å². The third-order valence-electron chi connectivity index (χ3n) is 3.28. The number of hydrogen-bond acceptors (Lipinski definition) is 3. The van der Waals surface area contributed by atoms with Crippen molar-refractivity contribution in [2.75, 3.05) is 39.4 Å². The van der Waals surface area contributed by atoms with E-state index in [9.17, 15) is 9.59 Å². The summed E-state index contributed by atoms with van der Waals surface area (Å²) in [6.45, 7) is 4.06. The molecule has 16 heavy (non-hydrogen) atoms. The number of amides is 2. The van der Waals surface area contributed by atoms with Gasteiger partial charge in [0.1, 0.15) is 6.29 Å². The second-order valence-corrected chi connectivity index (χ2v) is 4.34. The van der Waals surface area contributed by atoms with Gasteiger partial charge in [-0.15, -0.1) is 0 Å². The van der Waals surface area contributed by atoms with Gasteiger partial charge in [-0.3, -0.25) is 0 Å². The van der Waals surface area contributed by atoms with Crippen molar-refractivity contribution in [2.24, 2.45) is 5.92 Å². The SMILES string of the molecule is O=CC1CCN(C(=O)N2CCOCC2)CC1. The third-order valence-corrected chi connectivity index (χ3v) is 3.28. The highest BCUT2D eigenvalue weighted by atomic mass is 16.5. The molecule has 2 amide bonds. The summed E-state index contributed by atoms with van der Waals surface area (Å²) in [5.74, 6) is 0.147. The summed E-state index contributed by atoms with van der Waals surface area (Å²) in [6.07, 6.45) is 2.62. The van der Waals surface area contributed by atoms with Crippen LogP contribution in [0.2, 0.25) is 0 Å². The van der Waals surface area contributed by atoms with E-state index < -0.39 is 0 Å². The predicted octanol–water partition coefficient (Wildman–Crippen LogP) is 0.349. The van der Waals surface area contributed by atoms with Crippen molar-refractivity contribution >= 4 is 12.3 Å². The van der Waals surface area contributed by atoms with Crippen molar-refractivity contribution in [2.45, 2.75) is 12.8 Å². The number of ether oxygens (including phenoxy) is 1. The van der Waals surface area contributed by atoms with E-state index in [1.807, 2.05) is 9.80 Å². The highest BCUT2D eigenvalue weighted by Crippen LogP contribution is 2.16. The monoisotopic (exact) mass is 226 g/mol. The number of carbonyl (C=O) groups is 2. The first-order valence-corrected chi connectivity index (χ1v) is 5.88. The van der Waals surface area contributed by atoms with Crippen molar-refractivity contribution in [1.82, 2.24) is 9.80 Å². The van der Waals surface area contributed by atoms with Crippen molar-refractivity contribution in [3.63, 3.8) is 0 Å². The van der Waals surface area contributed by atoms with E-state index in [2.05, 4.69) is 0 Å². The molecule has 2 aliphatic heterocycles. The molecular formula is C11H18N2O3. The summed E-state index contributed by atoms with van der Waals surface area (Å²) in [4.78, 5) is 26.4. The fourth-order valence-corrected chi connectivity index (χ4v) is 2.18. The summed E-state index contributed by atoms with van der Waals surface area (Å²) in [5.41, 5.74) is 0. The van der Waals surface area contributed by atoms with Gasteiger partial charge in [0.15, 0.2) is 0 Å². The molecule has 0 bridgehead atoms. The Morgan fingerprint density at radius 2 is 1.62 bits per heavy atom. The Bertz CT molecular complexity index is 256. The number of carbonyl (C=O) groups excluding carboxylic acids is 2. The van der Waals surface area contributed by atoms with Gasteiger partial charge in [0.25, 0.3) is 0 Å². The summed E-state index contributed by atoms with van der Waals surface area (Å²) >= 11 is 0. The maximum atomic E-state index is 12.1. The molecule has 0 radical (unpaired) electrons. The van der Waals surface area contributed by atoms with Gasteiger partial charge < -0.3 is 19.3 Å². The first-order valence-electron chi connectivity index (χ1n) is 5.88. The first-order chi connectivity index (χ1) is 7.81. The van der Waals surface area contributed by atoms with E-state index in [1.54, 1.807) is 0 Å². The van der Waals surface area contributed by atoms with Crippen LogP contribution in [-0.4, -0.2) is 61.5 Å². The lowest BCUT2D eigenvalue weighted by Crippen LogP contribution is -2.50. The summed E-state index contributed by atoms with van der Waals surface area (Å²) in [6, 6.07) is 0.104. The van der Waals surface area contributed by atoms with E-state index >= 15 is 0 Å². The third kappa shape index (κ3) is 2.52. The van der Waals surface area contributed by atoms with Gasteiger partial charge in [-0.2, -0.15) is 0 Å². The van der Waals surface area contributed by atoms with Crippen LogP contribution in [0.4, 0.5) is 4.79 Å². The zero-order valence-electron chi connectivity index (χ0n) is 9.43. The Balaban J connectivity index is 1.83. The van der Waals surface area contributed by atoms with Crippen LogP contribution in [0, 0.1) is 5.92 Å². The molecule has 2 rings (SSSR count). The summed E-state index contributed by atoms with van der Waals surface area (Å²) in [7, 11) is 0. The normalized spacial score (nSPS) is 23.2. The fourth-order valence-electron chi connectivity index (χ4n) is 2.18. The largest absolute Gasteiger partial charge is 0.378 e. The topological polar surface area (TPSA) is 49.9 Å². The van der Waals surface area contributed by atoms with Gasteiger partial charge in [-0.25, -0.2) is 4.79 Å². The van der Waals surface area contributed by atoms with E-state index in [0.717, 1.165) is 19.1 Å². The molecule has 2 fully saturated rings. The van der Waals surface area contributed by atoms with Crippen LogP contribution in [0.3, 0.4) is 0 Å². The minimum Gasteiger partial charge on any atom is -0.378 e. The van der Waals surface area contributed by atoms with Crippen molar-refractivity contribution in [3.8, 4) is 0 Å².